The fourth-order valence-corrected chi connectivity index (χ4v) is 4.01. The van der Waals surface area contributed by atoms with E-state index in [9.17, 15) is 9.59 Å². The molecule has 0 unspecified atom stereocenters. The fourth-order valence-electron chi connectivity index (χ4n) is 4.01. The minimum atomic E-state index is -0.0450. The van der Waals surface area contributed by atoms with Crippen LogP contribution in [0.1, 0.15) is 49.2 Å². The zero-order chi connectivity index (χ0) is 23.1. The third kappa shape index (κ3) is 3.92. The number of carbonyl (C=O) groups is 2. The number of nitrogens with one attached hydrogen (secondary N) is 2. The van der Waals surface area contributed by atoms with Crippen molar-refractivity contribution in [1.82, 2.24) is 25.0 Å². The van der Waals surface area contributed by atoms with Crippen molar-refractivity contribution in [2.24, 2.45) is 5.92 Å². The summed E-state index contributed by atoms with van der Waals surface area (Å²) in [5, 5.41) is 15.4. The molecule has 2 N–H and O–H groups in total. The van der Waals surface area contributed by atoms with E-state index in [1.54, 1.807) is 17.1 Å². The average molecular weight is 447 g/mol. The fraction of sp³-hybridized carbons (Fsp3) is 0.391. The highest BCUT2D eigenvalue weighted by molar-refractivity contribution is 6.03. The first kappa shape index (κ1) is 21.0. The molecule has 0 atom stereocenters. The van der Waals surface area contributed by atoms with Gasteiger partial charge in [-0.05, 0) is 25.8 Å². The van der Waals surface area contributed by atoms with Crippen LogP contribution in [-0.2, 0) is 17.9 Å². The molecule has 5 rings (SSSR count). The molecule has 1 aliphatic heterocycles. The molecule has 170 valence electrons. The van der Waals surface area contributed by atoms with E-state index in [0.29, 0.717) is 42.4 Å². The summed E-state index contributed by atoms with van der Waals surface area (Å²) < 4.78 is 0. The van der Waals surface area contributed by atoms with Crippen molar-refractivity contribution in [2.75, 3.05) is 22.6 Å². The lowest BCUT2D eigenvalue weighted by Gasteiger charge is -2.28. The van der Waals surface area contributed by atoms with Gasteiger partial charge in [0.15, 0.2) is 11.6 Å². The summed E-state index contributed by atoms with van der Waals surface area (Å²) >= 11 is 0. The van der Waals surface area contributed by atoms with Gasteiger partial charge >= 0.3 is 0 Å². The van der Waals surface area contributed by atoms with Crippen LogP contribution < -0.4 is 15.5 Å². The minimum Gasteiger partial charge on any atom is -0.365 e. The standard InChI is InChI=1S/C23H26N8O2/c1-4-18(32)15-11-25-19(27-23(33)13-6-7-13)10-16(15)26-22-21-14(8-9-24-22)20-17(12-30(21)3)28-31(5-2)29-20/h8-11,13H,4-7,12H2,1-3H3,(H2,24,25,26,27,33). The zero-order valence-electron chi connectivity index (χ0n) is 18.9. The largest absolute Gasteiger partial charge is 0.365 e. The van der Waals surface area contributed by atoms with Crippen molar-refractivity contribution >= 4 is 34.7 Å². The van der Waals surface area contributed by atoms with Gasteiger partial charge in [-0.15, -0.1) is 0 Å². The van der Waals surface area contributed by atoms with Crippen LogP contribution in [0.4, 0.5) is 23.0 Å². The molecule has 1 fully saturated rings. The average Bonchev–Trinajstić information content (AvgIpc) is 3.59. The Morgan fingerprint density at radius 3 is 2.73 bits per heavy atom. The lowest BCUT2D eigenvalue weighted by atomic mass is 10.0. The van der Waals surface area contributed by atoms with E-state index >= 15 is 0 Å². The maximum absolute atomic E-state index is 12.6. The van der Waals surface area contributed by atoms with E-state index in [-0.39, 0.29) is 17.6 Å². The number of carbonyl (C=O) groups excluding carboxylic acids is 2. The Morgan fingerprint density at radius 2 is 2.00 bits per heavy atom. The van der Waals surface area contributed by atoms with Crippen LogP contribution in [0.5, 0.6) is 0 Å². The number of pyridine rings is 2. The van der Waals surface area contributed by atoms with Crippen LogP contribution in [0.15, 0.2) is 24.5 Å². The number of Topliss-reactive ketones (excluding diaryl/α,β-unsaturated/α-hetero) is 1. The van der Waals surface area contributed by atoms with Crippen LogP contribution in [0.2, 0.25) is 0 Å². The molecule has 0 radical (unpaired) electrons. The molecule has 1 amide bonds. The van der Waals surface area contributed by atoms with Gasteiger partial charge in [0, 0.05) is 43.4 Å². The molecule has 3 aromatic heterocycles. The molecule has 3 aromatic rings. The minimum absolute atomic E-state index is 0.0375. The van der Waals surface area contributed by atoms with E-state index in [1.807, 2.05) is 27.0 Å². The van der Waals surface area contributed by atoms with Crippen molar-refractivity contribution < 1.29 is 9.59 Å². The molecule has 33 heavy (non-hydrogen) atoms. The maximum atomic E-state index is 12.6. The van der Waals surface area contributed by atoms with Crippen LogP contribution >= 0.6 is 0 Å². The summed E-state index contributed by atoms with van der Waals surface area (Å²) in [5.41, 5.74) is 4.57. The van der Waals surface area contributed by atoms with Crippen molar-refractivity contribution in [2.45, 2.75) is 46.2 Å². The highest BCUT2D eigenvalue weighted by Crippen LogP contribution is 2.41. The predicted octanol–water partition coefficient (Wildman–Crippen LogP) is 3.39. The number of rotatable bonds is 7. The van der Waals surface area contributed by atoms with Gasteiger partial charge in [0.2, 0.25) is 5.91 Å². The lowest BCUT2D eigenvalue weighted by molar-refractivity contribution is -0.117. The smallest absolute Gasteiger partial charge is 0.228 e. The van der Waals surface area contributed by atoms with Gasteiger partial charge in [-0.1, -0.05) is 6.92 Å². The van der Waals surface area contributed by atoms with Gasteiger partial charge in [-0.2, -0.15) is 15.0 Å². The van der Waals surface area contributed by atoms with E-state index in [2.05, 4.69) is 35.7 Å². The van der Waals surface area contributed by atoms with Crippen molar-refractivity contribution in [3.8, 4) is 11.3 Å². The highest BCUT2D eigenvalue weighted by Gasteiger charge is 2.30. The molecule has 0 saturated heterocycles. The molecule has 0 bridgehead atoms. The second kappa shape index (κ2) is 8.27. The Hall–Kier alpha value is -3.82. The number of aromatic nitrogens is 5. The number of anilines is 4. The molecule has 10 nitrogen and oxygen atoms in total. The molecular weight excluding hydrogens is 420 g/mol. The first-order valence-corrected chi connectivity index (χ1v) is 11.2. The van der Waals surface area contributed by atoms with Crippen LogP contribution in [0.3, 0.4) is 0 Å². The topological polar surface area (TPSA) is 118 Å². The summed E-state index contributed by atoms with van der Waals surface area (Å²) in [6, 6.07) is 3.63. The number of amides is 1. The lowest BCUT2D eigenvalue weighted by Crippen LogP contribution is -2.23. The number of hydrogen-bond donors (Lipinski definition) is 2. The first-order chi connectivity index (χ1) is 16.0. The van der Waals surface area contributed by atoms with E-state index in [0.717, 1.165) is 35.5 Å². The van der Waals surface area contributed by atoms with Crippen molar-refractivity contribution in [3.63, 3.8) is 0 Å². The van der Waals surface area contributed by atoms with Crippen LogP contribution in [0.25, 0.3) is 11.3 Å². The van der Waals surface area contributed by atoms with Crippen molar-refractivity contribution in [1.29, 1.82) is 0 Å². The predicted molar refractivity (Wildman–Crippen MR) is 125 cm³/mol. The number of fused-ring (bicyclic) bond motifs is 3. The molecule has 0 spiro atoms. The molecule has 10 heteroatoms. The third-order valence-electron chi connectivity index (χ3n) is 5.93. The van der Waals surface area contributed by atoms with E-state index in [4.69, 9.17) is 0 Å². The second-order valence-corrected chi connectivity index (χ2v) is 8.38. The molecule has 2 aliphatic rings. The normalized spacial score (nSPS) is 14.5. The second-order valence-electron chi connectivity index (χ2n) is 8.38. The highest BCUT2D eigenvalue weighted by atomic mass is 16.2. The van der Waals surface area contributed by atoms with Gasteiger partial charge in [-0.3, -0.25) is 9.59 Å². The summed E-state index contributed by atoms with van der Waals surface area (Å²) in [6.45, 7) is 5.11. The zero-order valence-corrected chi connectivity index (χ0v) is 18.9. The third-order valence-corrected chi connectivity index (χ3v) is 5.93. The summed E-state index contributed by atoms with van der Waals surface area (Å²) in [4.78, 5) is 37.5. The van der Waals surface area contributed by atoms with Crippen LogP contribution in [-0.4, -0.2) is 43.7 Å². The number of hydrogen-bond acceptors (Lipinski definition) is 8. The maximum Gasteiger partial charge on any atom is 0.228 e. The van der Waals surface area contributed by atoms with Crippen molar-refractivity contribution in [3.05, 3.63) is 35.8 Å². The van der Waals surface area contributed by atoms with Gasteiger partial charge in [0.25, 0.3) is 0 Å². The van der Waals surface area contributed by atoms with E-state index in [1.165, 1.54) is 6.20 Å². The molecule has 4 heterocycles. The van der Waals surface area contributed by atoms with Crippen LogP contribution in [0, 0.1) is 5.92 Å². The Balaban J connectivity index is 1.54. The van der Waals surface area contributed by atoms with Gasteiger partial charge in [0.05, 0.1) is 30.0 Å². The Kier molecular flexibility index (Phi) is 5.27. The molecule has 1 saturated carbocycles. The summed E-state index contributed by atoms with van der Waals surface area (Å²) in [7, 11) is 1.98. The summed E-state index contributed by atoms with van der Waals surface area (Å²) in [5.74, 6) is 0.985. The Bertz CT molecular complexity index is 1250. The quantitative estimate of drug-likeness (QED) is 0.530. The molecule has 1 aliphatic carbocycles. The first-order valence-electron chi connectivity index (χ1n) is 11.2. The number of ketones is 1. The Labute approximate surface area is 191 Å². The van der Waals surface area contributed by atoms with E-state index < -0.39 is 0 Å². The summed E-state index contributed by atoms with van der Waals surface area (Å²) in [6.07, 6.45) is 5.38. The molecule has 0 aromatic carbocycles. The monoisotopic (exact) mass is 446 g/mol. The van der Waals surface area contributed by atoms with Gasteiger partial charge in [-0.25, -0.2) is 9.97 Å². The number of nitrogens with zero attached hydrogens (tertiary/aromatic N) is 6. The molecular formula is C23H26N8O2. The SMILES string of the molecule is CCC(=O)c1cnc(NC(=O)C2CC2)cc1Nc1nccc2c1N(C)Cc1nn(CC)nc1-2. The Morgan fingerprint density at radius 1 is 1.18 bits per heavy atom. The van der Waals surface area contributed by atoms with Gasteiger partial charge < -0.3 is 15.5 Å². The number of aryl methyl sites for hydroxylation is 1. The van der Waals surface area contributed by atoms with Gasteiger partial charge in [0.1, 0.15) is 17.2 Å².